The molecule has 9 heteroatoms. The Morgan fingerprint density at radius 2 is 1.54 bits per heavy atom. The number of carbonyl (C=O) groups excluding carboxylic acids is 1. The number of ether oxygens (including phenoxy) is 1. The van der Waals surface area contributed by atoms with Crippen LogP contribution in [-0.4, -0.2) is 65.7 Å². The molecule has 1 N–H and O–H groups in total. The van der Waals surface area contributed by atoms with Crippen LogP contribution in [0.1, 0.15) is 69.6 Å². The summed E-state index contributed by atoms with van der Waals surface area (Å²) in [5, 5.41) is 7.12. The second-order valence-corrected chi connectivity index (χ2v) is 12.0. The lowest BCUT2D eigenvalue weighted by Gasteiger charge is -2.39. The van der Waals surface area contributed by atoms with Gasteiger partial charge in [0, 0.05) is 25.2 Å². The summed E-state index contributed by atoms with van der Waals surface area (Å²) < 4.78 is 37.8. The van der Waals surface area contributed by atoms with Crippen LogP contribution in [0.3, 0.4) is 0 Å². The quantitative estimate of drug-likeness (QED) is 0.387. The first kappa shape index (κ1) is 32.4. The molecule has 0 saturated carbocycles. The smallest absolute Gasteiger partial charge is 0.490 e. The number of alkyl halides is 3. The second-order valence-electron chi connectivity index (χ2n) is 12.0. The summed E-state index contributed by atoms with van der Waals surface area (Å²) in [6, 6.07) is 17.1. The molecule has 2 aliphatic heterocycles. The Hall–Kier alpha value is -3.07. The van der Waals surface area contributed by atoms with Crippen molar-refractivity contribution in [3.05, 3.63) is 65.2 Å². The third-order valence-electron chi connectivity index (χ3n) is 7.89. The Kier molecular flexibility index (Phi) is 11.2. The summed E-state index contributed by atoms with van der Waals surface area (Å²) in [4.78, 5) is 26.6. The average Bonchev–Trinajstić information content (AvgIpc) is 3.33. The zero-order chi connectivity index (χ0) is 30.2. The van der Waals surface area contributed by atoms with Crippen LogP contribution in [0.2, 0.25) is 0 Å². The standard InChI is InChI=1S/C30H42N2O2.C2HF3O2/c1-23(2)21-34-28-8-6-5-7-27(28)20-31-16-13-30(14-17-31)15-18-32(22-30)29(33)19-25-9-11-26(12-10-25)24(3)4;3-2(4,5)1(6)7/h5-12,23-24H,13-22H2,1-4H3;(H,6,7). The molecule has 0 unspecified atom stereocenters. The number of hydrogen-bond donors (Lipinski definition) is 1. The predicted molar refractivity (Wildman–Crippen MR) is 153 cm³/mol. The minimum Gasteiger partial charge on any atom is -0.493 e. The minimum absolute atomic E-state index is 0.285. The van der Waals surface area contributed by atoms with E-state index in [1.54, 1.807) is 0 Å². The van der Waals surface area contributed by atoms with Crippen molar-refractivity contribution in [2.45, 2.75) is 72.0 Å². The van der Waals surface area contributed by atoms with Crippen LogP contribution in [0, 0.1) is 11.3 Å². The molecule has 41 heavy (non-hydrogen) atoms. The third kappa shape index (κ3) is 9.76. The van der Waals surface area contributed by atoms with Gasteiger partial charge in [-0.3, -0.25) is 9.69 Å². The van der Waals surface area contributed by atoms with Crippen LogP contribution in [0.15, 0.2) is 48.5 Å². The van der Waals surface area contributed by atoms with E-state index < -0.39 is 12.1 Å². The average molecular weight is 577 g/mol. The summed E-state index contributed by atoms with van der Waals surface area (Å²) in [5.74, 6) is -0.402. The third-order valence-corrected chi connectivity index (χ3v) is 7.89. The van der Waals surface area contributed by atoms with Gasteiger partial charge in [-0.05, 0) is 66.8 Å². The van der Waals surface area contributed by atoms with Crippen molar-refractivity contribution in [1.82, 2.24) is 9.80 Å². The SMILES string of the molecule is CC(C)COc1ccccc1CN1CCC2(CC1)CCN(C(=O)Cc1ccc(C(C)C)cc1)C2.O=C(O)C(F)(F)F. The van der Waals surface area contributed by atoms with Crippen molar-refractivity contribution in [2.75, 3.05) is 32.8 Å². The maximum absolute atomic E-state index is 13.0. The Morgan fingerprint density at radius 1 is 0.951 bits per heavy atom. The lowest BCUT2D eigenvalue weighted by atomic mass is 9.77. The highest BCUT2D eigenvalue weighted by molar-refractivity contribution is 5.79. The summed E-state index contributed by atoms with van der Waals surface area (Å²) in [7, 11) is 0. The molecule has 2 aromatic rings. The van der Waals surface area contributed by atoms with Gasteiger partial charge in [0.2, 0.25) is 5.91 Å². The number of para-hydroxylation sites is 1. The van der Waals surface area contributed by atoms with Crippen molar-refractivity contribution < 1.29 is 32.6 Å². The van der Waals surface area contributed by atoms with Gasteiger partial charge in [0.15, 0.2) is 0 Å². The van der Waals surface area contributed by atoms with E-state index in [4.69, 9.17) is 14.6 Å². The number of likely N-dealkylation sites (tertiary alicyclic amines) is 2. The van der Waals surface area contributed by atoms with Crippen molar-refractivity contribution >= 4 is 11.9 Å². The number of aliphatic carboxylic acids is 1. The molecule has 6 nitrogen and oxygen atoms in total. The lowest BCUT2D eigenvalue weighted by molar-refractivity contribution is -0.192. The zero-order valence-corrected chi connectivity index (χ0v) is 24.5. The molecule has 2 fully saturated rings. The van der Waals surface area contributed by atoms with Gasteiger partial charge in [-0.1, -0.05) is 70.2 Å². The highest BCUT2D eigenvalue weighted by atomic mass is 19.4. The molecule has 0 bridgehead atoms. The fraction of sp³-hybridized carbons (Fsp3) is 0.562. The van der Waals surface area contributed by atoms with Crippen LogP contribution in [0.25, 0.3) is 0 Å². The fourth-order valence-electron chi connectivity index (χ4n) is 5.32. The Labute approximate surface area is 241 Å². The van der Waals surface area contributed by atoms with Gasteiger partial charge < -0.3 is 14.7 Å². The van der Waals surface area contributed by atoms with E-state index in [1.165, 1.54) is 24.0 Å². The molecule has 2 saturated heterocycles. The van der Waals surface area contributed by atoms with Crippen molar-refractivity contribution in [3.8, 4) is 5.75 Å². The van der Waals surface area contributed by atoms with Crippen LogP contribution >= 0.6 is 0 Å². The lowest BCUT2D eigenvalue weighted by Crippen LogP contribution is -2.42. The summed E-state index contributed by atoms with van der Waals surface area (Å²) >= 11 is 0. The number of carboxylic acids is 1. The Bertz CT molecular complexity index is 1140. The first-order chi connectivity index (χ1) is 19.3. The molecule has 0 atom stereocenters. The molecule has 0 aliphatic carbocycles. The van der Waals surface area contributed by atoms with Crippen LogP contribution in [0.5, 0.6) is 5.75 Å². The fourth-order valence-corrected chi connectivity index (χ4v) is 5.32. The number of nitrogens with zero attached hydrogens (tertiary/aromatic N) is 2. The highest BCUT2D eigenvalue weighted by Gasteiger charge is 2.42. The van der Waals surface area contributed by atoms with Gasteiger partial charge in [-0.15, -0.1) is 0 Å². The summed E-state index contributed by atoms with van der Waals surface area (Å²) in [6.45, 7) is 14.5. The van der Waals surface area contributed by atoms with Gasteiger partial charge in [0.1, 0.15) is 5.75 Å². The topological polar surface area (TPSA) is 70.1 Å². The van der Waals surface area contributed by atoms with Gasteiger partial charge in [-0.25, -0.2) is 4.79 Å². The van der Waals surface area contributed by atoms with Gasteiger partial charge >= 0.3 is 12.1 Å². The molecular weight excluding hydrogens is 533 g/mol. The second kappa shape index (κ2) is 14.2. The molecule has 1 amide bonds. The Morgan fingerprint density at radius 3 is 2.10 bits per heavy atom. The zero-order valence-electron chi connectivity index (χ0n) is 24.5. The number of piperidine rings is 1. The summed E-state index contributed by atoms with van der Waals surface area (Å²) in [5.41, 5.74) is 4.05. The molecule has 1 spiro atoms. The number of benzene rings is 2. The first-order valence-corrected chi connectivity index (χ1v) is 14.4. The van der Waals surface area contributed by atoms with Gasteiger partial charge in [-0.2, -0.15) is 13.2 Å². The molecule has 2 heterocycles. The van der Waals surface area contributed by atoms with Crippen molar-refractivity contribution in [2.24, 2.45) is 11.3 Å². The van der Waals surface area contributed by atoms with E-state index in [-0.39, 0.29) is 5.91 Å². The number of hydrogen-bond acceptors (Lipinski definition) is 4. The molecule has 4 rings (SSSR count). The number of carboxylic acid groups (broad SMARTS) is 1. The number of carbonyl (C=O) groups is 2. The van der Waals surface area contributed by atoms with E-state index >= 15 is 0 Å². The molecule has 2 aliphatic rings. The predicted octanol–water partition coefficient (Wildman–Crippen LogP) is 6.54. The van der Waals surface area contributed by atoms with Crippen LogP contribution in [0.4, 0.5) is 13.2 Å². The summed E-state index contributed by atoms with van der Waals surface area (Å²) in [6.07, 6.45) is -1.07. The first-order valence-electron chi connectivity index (χ1n) is 14.4. The van der Waals surface area contributed by atoms with Gasteiger partial charge in [0.05, 0.1) is 13.0 Å². The van der Waals surface area contributed by atoms with Crippen LogP contribution < -0.4 is 4.74 Å². The molecule has 226 valence electrons. The normalized spacial score (nSPS) is 17.0. The van der Waals surface area contributed by atoms with Crippen molar-refractivity contribution in [3.63, 3.8) is 0 Å². The van der Waals surface area contributed by atoms with E-state index in [0.29, 0.717) is 23.7 Å². The van der Waals surface area contributed by atoms with E-state index in [0.717, 1.165) is 57.1 Å². The largest absolute Gasteiger partial charge is 0.493 e. The molecule has 0 radical (unpaired) electrons. The molecule has 2 aromatic carbocycles. The van der Waals surface area contributed by atoms with Crippen molar-refractivity contribution in [1.29, 1.82) is 0 Å². The van der Waals surface area contributed by atoms with Gasteiger partial charge in [0.25, 0.3) is 0 Å². The number of rotatable bonds is 8. The van der Waals surface area contributed by atoms with E-state index in [9.17, 15) is 18.0 Å². The number of amides is 1. The minimum atomic E-state index is -5.08. The van der Waals surface area contributed by atoms with Crippen LogP contribution in [-0.2, 0) is 22.6 Å². The maximum Gasteiger partial charge on any atom is 0.490 e. The number of halogens is 3. The molecule has 0 aromatic heterocycles. The van der Waals surface area contributed by atoms with E-state index in [1.807, 2.05) is 0 Å². The monoisotopic (exact) mass is 576 g/mol. The maximum atomic E-state index is 13.0. The highest BCUT2D eigenvalue weighted by Crippen LogP contribution is 2.41. The molecular formula is C32H43F3N2O4. The Balaban J connectivity index is 0.000000587. The van der Waals surface area contributed by atoms with E-state index in [2.05, 4.69) is 86.0 Å².